The molecule has 0 amide bonds. The zero-order valence-corrected chi connectivity index (χ0v) is 10.4. The summed E-state index contributed by atoms with van der Waals surface area (Å²) in [6.07, 6.45) is 1.24. The highest BCUT2D eigenvalue weighted by Crippen LogP contribution is 2.34. The summed E-state index contributed by atoms with van der Waals surface area (Å²) >= 11 is 0. The third-order valence-corrected chi connectivity index (χ3v) is 3.36. The van der Waals surface area contributed by atoms with Crippen LogP contribution in [0.5, 0.6) is 5.75 Å². The van der Waals surface area contributed by atoms with Gasteiger partial charge in [0.25, 0.3) is 0 Å². The molecule has 2 rings (SSSR count). The molecule has 1 aromatic carbocycles. The lowest BCUT2D eigenvalue weighted by molar-refractivity contribution is 0.239. The van der Waals surface area contributed by atoms with E-state index in [-0.39, 0.29) is 0 Å². The Morgan fingerprint density at radius 2 is 2.19 bits per heavy atom. The van der Waals surface area contributed by atoms with E-state index in [0.717, 1.165) is 18.8 Å². The van der Waals surface area contributed by atoms with E-state index in [4.69, 9.17) is 4.74 Å². The van der Waals surface area contributed by atoms with E-state index in [1.807, 2.05) is 6.07 Å². The van der Waals surface area contributed by atoms with Gasteiger partial charge in [-0.05, 0) is 35.4 Å². The number of hydrogen-bond acceptors (Lipinski definition) is 2. The summed E-state index contributed by atoms with van der Waals surface area (Å²) in [4.78, 5) is 0. The molecular formula is C14H21NO. The lowest BCUT2D eigenvalue weighted by atomic mass is 9.77. The van der Waals surface area contributed by atoms with E-state index >= 15 is 0 Å². The highest BCUT2D eigenvalue weighted by Gasteiger charge is 2.28. The predicted molar refractivity (Wildman–Crippen MR) is 67.0 cm³/mol. The highest BCUT2D eigenvalue weighted by atomic mass is 16.5. The molecule has 1 N–H and O–H groups in total. The van der Waals surface area contributed by atoms with Crippen LogP contribution >= 0.6 is 0 Å². The summed E-state index contributed by atoms with van der Waals surface area (Å²) in [5.41, 5.74) is 1.78. The summed E-state index contributed by atoms with van der Waals surface area (Å²) in [5.74, 6) is 1.57. The Hall–Kier alpha value is -1.02. The van der Waals surface area contributed by atoms with Crippen LogP contribution in [0.2, 0.25) is 0 Å². The third-order valence-electron chi connectivity index (χ3n) is 3.36. The minimum Gasteiger partial charge on any atom is -0.497 e. The lowest BCUT2D eigenvalue weighted by Crippen LogP contribution is -2.40. The van der Waals surface area contributed by atoms with Gasteiger partial charge in [0.2, 0.25) is 0 Å². The molecule has 1 unspecified atom stereocenters. The van der Waals surface area contributed by atoms with Gasteiger partial charge in [-0.2, -0.15) is 0 Å². The van der Waals surface area contributed by atoms with E-state index in [1.54, 1.807) is 7.11 Å². The fraction of sp³-hybridized carbons (Fsp3) is 0.571. The summed E-state index contributed by atoms with van der Waals surface area (Å²) < 4.78 is 5.28. The van der Waals surface area contributed by atoms with Crippen molar-refractivity contribution in [2.75, 3.05) is 20.2 Å². The average molecular weight is 219 g/mol. The van der Waals surface area contributed by atoms with Gasteiger partial charge in [-0.25, -0.2) is 0 Å². The number of hydrogen-bond donors (Lipinski definition) is 1. The molecule has 1 aromatic rings. The van der Waals surface area contributed by atoms with Gasteiger partial charge >= 0.3 is 0 Å². The van der Waals surface area contributed by atoms with Crippen molar-refractivity contribution in [2.45, 2.75) is 26.2 Å². The van der Waals surface area contributed by atoms with Gasteiger partial charge in [-0.3, -0.25) is 0 Å². The molecule has 88 valence electrons. The molecule has 1 saturated heterocycles. The van der Waals surface area contributed by atoms with E-state index in [9.17, 15) is 0 Å². The van der Waals surface area contributed by atoms with Gasteiger partial charge in [0, 0.05) is 13.1 Å². The first-order valence-corrected chi connectivity index (χ1v) is 5.95. The van der Waals surface area contributed by atoms with E-state index < -0.39 is 0 Å². The van der Waals surface area contributed by atoms with Crippen LogP contribution in [-0.2, 0) is 0 Å². The Balaban J connectivity index is 2.16. The summed E-state index contributed by atoms with van der Waals surface area (Å²) in [5, 5.41) is 3.52. The smallest absolute Gasteiger partial charge is 0.119 e. The molecule has 1 aliphatic rings. The van der Waals surface area contributed by atoms with Crippen LogP contribution in [0.4, 0.5) is 0 Å². The topological polar surface area (TPSA) is 21.3 Å². The molecule has 0 spiro atoms. The molecule has 1 aliphatic heterocycles. The van der Waals surface area contributed by atoms with Crippen molar-refractivity contribution in [3.63, 3.8) is 0 Å². The summed E-state index contributed by atoms with van der Waals surface area (Å²) in [6, 6.07) is 8.45. The fourth-order valence-electron chi connectivity index (χ4n) is 2.53. The SMILES string of the molecule is COc1cccc(C2CNCC(C)(C)C2)c1. The molecule has 2 heteroatoms. The second kappa shape index (κ2) is 4.46. The van der Waals surface area contributed by atoms with Gasteiger partial charge in [0.1, 0.15) is 5.75 Å². The number of nitrogens with one attached hydrogen (secondary N) is 1. The number of piperidine rings is 1. The Labute approximate surface area is 98.0 Å². The summed E-state index contributed by atoms with van der Waals surface area (Å²) in [6.45, 7) is 6.85. The predicted octanol–water partition coefficient (Wildman–Crippen LogP) is 2.80. The second-order valence-corrected chi connectivity index (χ2v) is 5.47. The largest absolute Gasteiger partial charge is 0.497 e. The molecule has 0 bridgehead atoms. The van der Waals surface area contributed by atoms with Crippen LogP contribution in [0.25, 0.3) is 0 Å². The van der Waals surface area contributed by atoms with Crippen LogP contribution in [-0.4, -0.2) is 20.2 Å². The Morgan fingerprint density at radius 1 is 1.38 bits per heavy atom. The first-order chi connectivity index (χ1) is 7.61. The quantitative estimate of drug-likeness (QED) is 0.826. The standard InChI is InChI=1S/C14H21NO/c1-14(2)8-12(9-15-10-14)11-5-4-6-13(7-11)16-3/h4-7,12,15H,8-10H2,1-3H3. The van der Waals surface area contributed by atoms with Gasteiger partial charge in [-0.15, -0.1) is 0 Å². The van der Waals surface area contributed by atoms with Crippen LogP contribution in [0.1, 0.15) is 31.7 Å². The maximum Gasteiger partial charge on any atom is 0.119 e. The van der Waals surface area contributed by atoms with Crippen LogP contribution < -0.4 is 10.1 Å². The lowest BCUT2D eigenvalue weighted by Gasteiger charge is -2.36. The maximum absolute atomic E-state index is 5.28. The molecule has 1 atom stereocenters. The number of methoxy groups -OCH3 is 1. The molecular weight excluding hydrogens is 198 g/mol. The molecule has 1 fully saturated rings. The molecule has 0 saturated carbocycles. The molecule has 1 heterocycles. The first kappa shape index (κ1) is 11.5. The van der Waals surface area contributed by atoms with Crippen molar-refractivity contribution in [1.82, 2.24) is 5.32 Å². The van der Waals surface area contributed by atoms with E-state index in [1.165, 1.54) is 12.0 Å². The molecule has 0 aromatic heterocycles. The van der Waals surface area contributed by atoms with Crippen LogP contribution in [0.3, 0.4) is 0 Å². The van der Waals surface area contributed by atoms with E-state index in [0.29, 0.717) is 11.3 Å². The van der Waals surface area contributed by atoms with Gasteiger partial charge in [0.05, 0.1) is 7.11 Å². The van der Waals surface area contributed by atoms with Gasteiger partial charge in [0.15, 0.2) is 0 Å². The zero-order chi connectivity index (χ0) is 11.6. The van der Waals surface area contributed by atoms with Crippen molar-refractivity contribution >= 4 is 0 Å². The number of rotatable bonds is 2. The molecule has 16 heavy (non-hydrogen) atoms. The monoisotopic (exact) mass is 219 g/mol. The minimum atomic E-state index is 0.395. The van der Waals surface area contributed by atoms with Crippen LogP contribution in [0, 0.1) is 5.41 Å². The van der Waals surface area contributed by atoms with Gasteiger partial charge in [-0.1, -0.05) is 26.0 Å². The second-order valence-electron chi connectivity index (χ2n) is 5.47. The Bertz CT molecular complexity index is 360. The number of ether oxygens (including phenoxy) is 1. The van der Waals surface area contributed by atoms with Crippen molar-refractivity contribution in [3.8, 4) is 5.75 Å². The molecule has 0 aliphatic carbocycles. The van der Waals surface area contributed by atoms with Crippen molar-refractivity contribution < 1.29 is 4.74 Å². The highest BCUT2D eigenvalue weighted by molar-refractivity contribution is 5.31. The maximum atomic E-state index is 5.28. The van der Waals surface area contributed by atoms with Crippen LogP contribution in [0.15, 0.2) is 24.3 Å². The molecule has 0 radical (unpaired) electrons. The minimum absolute atomic E-state index is 0.395. The van der Waals surface area contributed by atoms with Crippen molar-refractivity contribution in [3.05, 3.63) is 29.8 Å². The first-order valence-electron chi connectivity index (χ1n) is 5.95. The van der Waals surface area contributed by atoms with Crippen molar-refractivity contribution in [1.29, 1.82) is 0 Å². The zero-order valence-electron chi connectivity index (χ0n) is 10.4. The average Bonchev–Trinajstić information content (AvgIpc) is 2.28. The normalized spacial score (nSPS) is 24.1. The third kappa shape index (κ3) is 2.56. The van der Waals surface area contributed by atoms with E-state index in [2.05, 4.69) is 37.4 Å². The number of benzene rings is 1. The molecule has 2 nitrogen and oxygen atoms in total. The summed E-state index contributed by atoms with van der Waals surface area (Å²) in [7, 11) is 1.72. The fourth-order valence-corrected chi connectivity index (χ4v) is 2.53. The van der Waals surface area contributed by atoms with Gasteiger partial charge < -0.3 is 10.1 Å². The Morgan fingerprint density at radius 3 is 2.88 bits per heavy atom. The van der Waals surface area contributed by atoms with Crippen molar-refractivity contribution in [2.24, 2.45) is 5.41 Å². The Kier molecular flexibility index (Phi) is 3.20.